The third-order valence-corrected chi connectivity index (χ3v) is 6.66. The number of fused-ring (bicyclic) bond motifs is 1. The fraction of sp³-hybridized carbons (Fsp3) is 0.417. The lowest BCUT2D eigenvalue weighted by atomic mass is 10.1. The minimum atomic E-state index is 0.168. The average molecular weight is 445 g/mol. The monoisotopic (exact) mass is 444 g/mol. The Balaban J connectivity index is 1.39. The summed E-state index contributed by atoms with van der Waals surface area (Å²) in [5.41, 5.74) is 10.6. The summed E-state index contributed by atoms with van der Waals surface area (Å²) in [4.78, 5) is 14.3. The van der Waals surface area contributed by atoms with Gasteiger partial charge in [0.25, 0.3) is 0 Å². The van der Waals surface area contributed by atoms with Gasteiger partial charge < -0.3 is 20.4 Å². The Morgan fingerprint density at radius 2 is 1.97 bits per heavy atom. The Morgan fingerprint density at radius 3 is 2.82 bits per heavy atom. The molecule has 0 bridgehead atoms. The minimum Gasteiger partial charge on any atom is -0.382 e. The third-order valence-electron chi connectivity index (χ3n) is 6.66. The van der Waals surface area contributed by atoms with Gasteiger partial charge in [-0.3, -0.25) is 4.68 Å². The molecule has 9 nitrogen and oxygen atoms in total. The molecule has 1 unspecified atom stereocenters. The van der Waals surface area contributed by atoms with E-state index in [1.165, 1.54) is 0 Å². The standard InChI is InChI=1S/C24H28N8O/c25-23-22(24-30-19-5-1-2-6-21(19)31(24)15-18-4-3-11-33-18)29-20(13-27-23)16-12-28-32(14-16)17-7-9-26-10-8-17/h1-2,5-6,12-14,17-18,26H,3-4,7-11,15H2,(H2,25,27). The van der Waals surface area contributed by atoms with Gasteiger partial charge in [-0.2, -0.15) is 5.10 Å². The molecular weight excluding hydrogens is 416 g/mol. The van der Waals surface area contributed by atoms with Gasteiger partial charge in [0.15, 0.2) is 11.6 Å². The Labute approximate surface area is 192 Å². The highest BCUT2D eigenvalue weighted by Gasteiger charge is 2.23. The summed E-state index contributed by atoms with van der Waals surface area (Å²) in [5.74, 6) is 1.10. The van der Waals surface area contributed by atoms with Gasteiger partial charge in [-0.15, -0.1) is 0 Å². The lowest BCUT2D eigenvalue weighted by molar-refractivity contribution is 0.0982. The molecule has 1 aromatic carbocycles. The third kappa shape index (κ3) is 3.87. The van der Waals surface area contributed by atoms with Gasteiger partial charge in [0, 0.05) is 18.4 Å². The number of anilines is 1. The summed E-state index contributed by atoms with van der Waals surface area (Å²) in [6, 6.07) is 8.53. The molecule has 4 aromatic rings. The fourth-order valence-corrected chi connectivity index (χ4v) is 4.88. The van der Waals surface area contributed by atoms with Gasteiger partial charge >= 0.3 is 0 Å². The number of nitrogen functional groups attached to an aromatic ring is 1. The van der Waals surface area contributed by atoms with Crippen LogP contribution >= 0.6 is 0 Å². The van der Waals surface area contributed by atoms with Gasteiger partial charge in [0.05, 0.1) is 47.8 Å². The van der Waals surface area contributed by atoms with E-state index in [0.717, 1.165) is 80.0 Å². The number of nitrogens with one attached hydrogen (secondary N) is 1. The van der Waals surface area contributed by atoms with Gasteiger partial charge in [-0.25, -0.2) is 15.0 Å². The van der Waals surface area contributed by atoms with Crippen molar-refractivity contribution in [2.75, 3.05) is 25.4 Å². The SMILES string of the molecule is Nc1ncc(-c2cnn(C3CCNCC3)c2)nc1-c1nc2ccccc2n1CC1CCCO1. The lowest BCUT2D eigenvalue weighted by Crippen LogP contribution is -2.29. The molecule has 0 radical (unpaired) electrons. The van der Waals surface area contributed by atoms with Crippen molar-refractivity contribution < 1.29 is 4.74 Å². The molecule has 3 N–H and O–H groups in total. The van der Waals surface area contributed by atoms with Crippen LogP contribution in [0, 0.1) is 0 Å². The first kappa shape index (κ1) is 20.3. The number of hydrogen-bond acceptors (Lipinski definition) is 7. The lowest BCUT2D eigenvalue weighted by Gasteiger charge is -2.22. The van der Waals surface area contributed by atoms with Crippen LogP contribution in [0.3, 0.4) is 0 Å². The molecule has 2 aliphatic heterocycles. The molecule has 5 heterocycles. The molecule has 2 fully saturated rings. The van der Waals surface area contributed by atoms with Gasteiger partial charge in [-0.05, 0) is 50.9 Å². The molecule has 6 rings (SSSR count). The Kier molecular flexibility index (Phi) is 5.27. The zero-order chi connectivity index (χ0) is 22.2. The predicted octanol–water partition coefficient (Wildman–Crippen LogP) is 3.04. The van der Waals surface area contributed by atoms with Crippen LogP contribution in [0.2, 0.25) is 0 Å². The van der Waals surface area contributed by atoms with E-state index in [2.05, 4.69) is 36.9 Å². The molecule has 1 atom stereocenters. The highest BCUT2D eigenvalue weighted by Crippen LogP contribution is 2.30. The van der Waals surface area contributed by atoms with Crippen molar-refractivity contribution in [3.8, 4) is 22.8 Å². The molecule has 170 valence electrons. The van der Waals surface area contributed by atoms with Crippen LogP contribution in [-0.4, -0.2) is 55.1 Å². The highest BCUT2D eigenvalue weighted by molar-refractivity contribution is 5.82. The van der Waals surface area contributed by atoms with E-state index in [4.69, 9.17) is 20.4 Å². The van der Waals surface area contributed by atoms with Crippen molar-refractivity contribution in [3.05, 3.63) is 42.9 Å². The fourth-order valence-electron chi connectivity index (χ4n) is 4.88. The van der Waals surface area contributed by atoms with Crippen molar-refractivity contribution in [2.24, 2.45) is 0 Å². The molecule has 0 spiro atoms. The van der Waals surface area contributed by atoms with Crippen LogP contribution in [-0.2, 0) is 11.3 Å². The van der Waals surface area contributed by atoms with Crippen LogP contribution in [0.25, 0.3) is 33.8 Å². The number of para-hydroxylation sites is 2. The van der Waals surface area contributed by atoms with Crippen molar-refractivity contribution in [2.45, 2.75) is 44.4 Å². The Hall–Kier alpha value is -3.30. The zero-order valence-corrected chi connectivity index (χ0v) is 18.5. The van der Waals surface area contributed by atoms with Crippen molar-refractivity contribution in [3.63, 3.8) is 0 Å². The number of ether oxygens (including phenoxy) is 1. The highest BCUT2D eigenvalue weighted by atomic mass is 16.5. The number of aromatic nitrogens is 6. The van der Waals surface area contributed by atoms with E-state index < -0.39 is 0 Å². The van der Waals surface area contributed by atoms with Crippen LogP contribution in [0.5, 0.6) is 0 Å². The minimum absolute atomic E-state index is 0.168. The molecule has 0 saturated carbocycles. The second-order valence-electron chi connectivity index (χ2n) is 8.85. The molecule has 9 heteroatoms. The zero-order valence-electron chi connectivity index (χ0n) is 18.5. The molecule has 0 aliphatic carbocycles. The van der Waals surface area contributed by atoms with Crippen LogP contribution in [0.4, 0.5) is 5.82 Å². The second kappa shape index (κ2) is 8.57. The normalized spacial score (nSPS) is 19.5. The maximum Gasteiger partial charge on any atom is 0.163 e. The molecule has 2 saturated heterocycles. The summed E-state index contributed by atoms with van der Waals surface area (Å²) in [6.45, 7) is 3.57. The van der Waals surface area contributed by atoms with Gasteiger partial charge in [0.1, 0.15) is 5.69 Å². The van der Waals surface area contributed by atoms with Gasteiger partial charge in [0.2, 0.25) is 0 Å². The number of rotatable bonds is 5. The number of benzene rings is 1. The van der Waals surface area contributed by atoms with Crippen molar-refractivity contribution >= 4 is 16.9 Å². The smallest absolute Gasteiger partial charge is 0.163 e. The van der Waals surface area contributed by atoms with E-state index in [1.54, 1.807) is 6.20 Å². The van der Waals surface area contributed by atoms with Crippen LogP contribution < -0.4 is 11.1 Å². The van der Waals surface area contributed by atoms with E-state index in [1.807, 2.05) is 24.4 Å². The number of hydrogen-bond donors (Lipinski definition) is 2. The number of nitrogens with zero attached hydrogens (tertiary/aromatic N) is 6. The molecular formula is C24H28N8O. The largest absolute Gasteiger partial charge is 0.382 e. The molecule has 2 aliphatic rings. The quantitative estimate of drug-likeness (QED) is 0.487. The summed E-state index contributed by atoms with van der Waals surface area (Å²) >= 11 is 0. The first-order chi connectivity index (χ1) is 16.3. The summed E-state index contributed by atoms with van der Waals surface area (Å²) in [5, 5.41) is 8.02. The van der Waals surface area contributed by atoms with E-state index in [0.29, 0.717) is 17.6 Å². The maximum absolute atomic E-state index is 6.33. The number of piperidine rings is 1. The van der Waals surface area contributed by atoms with Gasteiger partial charge in [-0.1, -0.05) is 12.1 Å². The molecule has 0 amide bonds. The first-order valence-electron chi connectivity index (χ1n) is 11.7. The van der Waals surface area contributed by atoms with Crippen molar-refractivity contribution in [1.29, 1.82) is 0 Å². The predicted molar refractivity (Wildman–Crippen MR) is 127 cm³/mol. The van der Waals surface area contributed by atoms with Crippen LogP contribution in [0.1, 0.15) is 31.7 Å². The molecule has 3 aromatic heterocycles. The number of nitrogens with two attached hydrogens (primary N) is 1. The second-order valence-corrected chi connectivity index (χ2v) is 8.85. The van der Waals surface area contributed by atoms with E-state index in [9.17, 15) is 0 Å². The Bertz CT molecular complexity index is 1270. The maximum atomic E-state index is 6.33. The summed E-state index contributed by atoms with van der Waals surface area (Å²) in [7, 11) is 0. The summed E-state index contributed by atoms with van der Waals surface area (Å²) < 4.78 is 10.1. The topological polar surface area (TPSA) is 109 Å². The average Bonchev–Trinajstić information content (AvgIpc) is 3.61. The Morgan fingerprint density at radius 1 is 1.09 bits per heavy atom. The van der Waals surface area contributed by atoms with E-state index in [-0.39, 0.29) is 6.10 Å². The summed E-state index contributed by atoms with van der Waals surface area (Å²) in [6.07, 6.45) is 10.1. The number of imidazole rings is 1. The van der Waals surface area contributed by atoms with Crippen LogP contribution in [0.15, 0.2) is 42.9 Å². The van der Waals surface area contributed by atoms with E-state index >= 15 is 0 Å². The van der Waals surface area contributed by atoms with Crippen molar-refractivity contribution in [1.82, 2.24) is 34.6 Å². The first-order valence-corrected chi connectivity index (χ1v) is 11.7. The molecule has 33 heavy (non-hydrogen) atoms.